The van der Waals surface area contributed by atoms with Crippen LogP contribution in [0.1, 0.15) is 49.0 Å². The van der Waals surface area contributed by atoms with Crippen molar-refractivity contribution in [1.29, 1.82) is 0 Å². The Hall–Kier alpha value is -4.16. The van der Waals surface area contributed by atoms with Crippen molar-refractivity contribution in [2.24, 2.45) is 0 Å². The van der Waals surface area contributed by atoms with Crippen LogP contribution in [-0.4, -0.2) is 50.3 Å². The zero-order valence-electron chi connectivity index (χ0n) is 19.3. The van der Waals surface area contributed by atoms with Gasteiger partial charge in [-0.1, -0.05) is 0 Å². The molecule has 3 aromatic rings. The maximum absolute atomic E-state index is 13.5. The number of hydrogen-bond acceptors (Lipinski definition) is 6. The lowest BCUT2D eigenvalue weighted by Crippen LogP contribution is -2.26. The Bertz CT molecular complexity index is 1390. The molecule has 10 nitrogen and oxygen atoms in total. The summed E-state index contributed by atoms with van der Waals surface area (Å²) in [6.45, 7) is 3.44. The largest absolute Gasteiger partial charge is 0.465 e. The van der Waals surface area contributed by atoms with E-state index in [1.165, 1.54) is 24.1 Å². The predicted octanol–water partition coefficient (Wildman–Crippen LogP) is 3.94. The molecule has 1 fully saturated rings. The quantitative estimate of drug-likeness (QED) is 0.413. The number of likely N-dealkylation sites (tertiary alicyclic amines) is 1. The molecule has 1 aromatic carbocycles. The zero-order valence-corrected chi connectivity index (χ0v) is 19.3. The van der Waals surface area contributed by atoms with Crippen molar-refractivity contribution >= 4 is 34.3 Å². The van der Waals surface area contributed by atoms with E-state index in [4.69, 9.17) is 0 Å². The van der Waals surface area contributed by atoms with Crippen molar-refractivity contribution in [3.8, 4) is 0 Å². The number of halogens is 3. The number of anilines is 2. The van der Waals surface area contributed by atoms with E-state index >= 15 is 0 Å². The Labute approximate surface area is 202 Å². The lowest BCUT2D eigenvalue weighted by Gasteiger charge is -2.19. The lowest BCUT2D eigenvalue weighted by molar-refractivity contribution is -0.137. The average Bonchev–Trinajstić information content (AvgIpc) is 3.30. The summed E-state index contributed by atoms with van der Waals surface area (Å²) < 4.78 is 40.4. The van der Waals surface area contributed by atoms with Crippen LogP contribution in [0.3, 0.4) is 0 Å². The summed E-state index contributed by atoms with van der Waals surface area (Å²) in [5, 5.41) is 21.7. The Morgan fingerprint density at radius 2 is 1.97 bits per heavy atom. The highest BCUT2D eigenvalue weighted by molar-refractivity contribution is 5.91. The van der Waals surface area contributed by atoms with Crippen molar-refractivity contribution < 1.29 is 27.9 Å². The summed E-state index contributed by atoms with van der Waals surface area (Å²) in [4.78, 5) is 40.6. The number of hydrogen-bond donors (Lipinski definition) is 4. The van der Waals surface area contributed by atoms with Crippen molar-refractivity contribution in [3.05, 3.63) is 57.6 Å². The van der Waals surface area contributed by atoms with Gasteiger partial charge < -0.3 is 20.6 Å². The molecule has 1 aliphatic rings. The van der Waals surface area contributed by atoms with E-state index in [0.717, 1.165) is 12.1 Å². The van der Waals surface area contributed by atoms with Crippen LogP contribution in [0.5, 0.6) is 0 Å². The molecule has 0 bridgehead atoms. The van der Waals surface area contributed by atoms with Crippen molar-refractivity contribution in [2.45, 2.75) is 38.4 Å². The highest BCUT2D eigenvalue weighted by Gasteiger charge is 2.32. The number of H-pyrrole nitrogens is 1. The second-order valence-electron chi connectivity index (χ2n) is 8.66. The topological polar surface area (TPSA) is 140 Å². The predicted molar refractivity (Wildman–Crippen MR) is 125 cm³/mol. The first kappa shape index (κ1) is 24.9. The number of aromatic amines is 1. The van der Waals surface area contributed by atoms with Gasteiger partial charge in [-0.15, -0.1) is 0 Å². The normalized spacial score (nSPS) is 16.7. The molecule has 0 saturated carbocycles. The van der Waals surface area contributed by atoms with Crippen molar-refractivity contribution in [3.63, 3.8) is 0 Å². The van der Waals surface area contributed by atoms with Crippen molar-refractivity contribution in [1.82, 2.24) is 20.1 Å². The highest BCUT2D eigenvalue weighted by atomic mass is 19.4. The number of benzene rings is 1. The number of carboxylic acid groups (broad SMARTS) is 1. The molecule has 4 N–H and O–H groups in total. The number of nitrogens with one attached hydrogen (secondary N) is 3. The molecular formula is C23H23F3N6O4. The Morgan fingerprint density at radius 3 is 2.61 bits per heavy atom. The SMILES string of the molecule is CC(=O)Nc1cc([C@@H](C)Nc2n[nH]c(=O)c3cnc(C4CCN(C(=O)O)C4)cc23)cc(C(F)(F)F)c1. The number of carbonyl (C=O) groups excluding carboxylic acids is 1. The second-order valence-corrected chi connectivity index (χ2v) is 8.66. The third-order valence-electron chi connectivity index (χ3n) is 6.03. The molecule has 2 amide bonds. The van der Waals surface area contributed by atoms with Crippen LogP contribution in [0.15, 0.2) is 35.3 Å². The molecule has 0 radical (unpaired) electrons. The van der Waals surface area contributed by atoms with Crippen molar-refractivity contribution in [2.75, 3.05) is 23.7 Å². The molecule has 190 valence electrons. The van der Waals surface area contributed by atoms with Gasteiger partial charge >= 0.3 is 12.3 Å². The highest BCUT2D eigenvalue weighted by Crippen LogP contribution is 2.35. The molecule has 1 unspecified atom stereocenters. The number of nitrogens with zero attached hydrogens (tertiary/aromatic N) is 3. The Morgan fingerprint density at radius 1 is 1.22 bits per heavy atom. The van der Waals surface area contributed by atoms with E-state index in [2.05, 4.69) is 25.8 Å². The summed E-state index contributed by atoms with van der Waals surface area (Å²) >= 11 is 0. The number of amides is 2. The number of rotatable bonds is 5. The fourth-order valence-corrected chi connectivity index (χ4v) is 4.21. The van der Waals surface area contributed by atoms with Crippen LogP contribution in [-0.2, 0) is 11.0 Å². The van der Waals surface area contributed by atoms with E-state index in [-0.39, 0.29) is 34.9 Å². The van der Waals surface area contributed by atoms with Gasteiger partial charge in [0, 0.05) is 48.9 Å². The third kappa shape index (κ3) is 5.24. The molecule has 2 aromatic heterocycles. The molecule has 0 spiro atoms. The van der Waals surface area contributed by atoms with Gasteiger partial charge in [0.05, 0.1) is 17.0 Å². The Balaban J connectivity index is 1.69. The summed E-state index contributed by atoms with van der Waals surface area (Å²) in [5.41, 5.74) is -0.602. The molecule has 2 atom stereocenters. The number of alkyl halides is 3. The zero-order chi connectivity index (χ0) is 26.2. The monoisotopic (exact) mass is 504 g/mol. The van der Waals surface area contributed by atoms with Gasteiger partial charge in [-0.05, 0) is 43.2 Å². The van der Waals surface area contributed by atoms with E-state index in [1.807, 2.05) is 0 Å². The van der Waals surface area contributed by atoms with Gasteiger partial charge in [-0.25, -0.2) is 9.89 Å². The van der Waals surface area contributed by atoms with Crippen LogP contribution in [0, 0.1) is 0 Å². The van der Waals surface area contributed by atoms with Gasteiger partial charge in [0.1, 0.15) is 0 Å². The first-order valence-corrected chi connectivity index (χ1v) is 11.0. The minimum Gasteiger partial charge on any atom is -0.465 e. The second kappa shape index (κ2) is 9.47. The minimum absolute atomic E-state index is 0.00374. The minimum atomic E-state index is -4.63. The molecule has 13 heteroatoms. The van der Waals surface area contributed by atoms with E-state index in [0.29, 0.717) is 24.0 Å². The maximum atomic E-state index is 13.5. The molecule has 1 saturated heterocycles. The molecule has 3 heterocycles. The smallest absolute Gasteiger partial charge is 0.416 e. The number of fused-ring (bicyclic) bond motifs is 1. The molecule has 36 heavy (non-hydrogen) atoms. The number of carbonyl (C=O) groups is 2. The summed E-state index contributed by atoms with van der Waals surface area (Å²) in [6, 6.07) is 4.20. The average molecular weight is 504 g/mol. The number of aromatic nitrogens is 3. The van der Waals surface area contributed by atoms with Crippen LogP contribution < -0.4 is 16.2 Å². The van der Waals surface area contributed by atoms with Gasteiger partial charge in [0.2, 0.25) is 5.91 Å². The van der Waals surface area contributed by atoms with E-state index in [1.54, 1.807) is 13.0 Å². The Kier molecular flexibility index (Phi) is 6.57. The van der Waals surface area contributed by atoms with Crippen LogP contribution >= 0.6 is 0 Å². The van der Waals surface area contributed by atoms with Crippen LogP contribution in [0.25, 0.3) is 10.8 Å². The third-order valence-corrected chi connectivity index (χ3v) is 6.03. The molecule has 0 aliphatic carbocycles. The van der Waals surface area contributed by atoms with E-state index in [9.17, 15) is 32.7 Å². The number of pyridine rings is 1. The van der Waals surface area contributed by atoms with Gasteiger partial charge in [0.25, 0.3) is 5.56 Å². The summed E-state index contributed by atoms with van der Waals surface area (Å²) in [6.07, 6.45) is -3.70. The standard InChI is InChI=1S/C23H23F3N6O4/c1-11(14-5-15(23(24,25)26)7-16(6-14)29-12(2)33)28-20-17-8-19(13-3-4-32(10-13)22(35)36)27-9-18(17)21(34)31-30-20/h5-9,11,13H,3-4,10H2,1-2H3,(H,28,30)(H,29,33)(H,31,34)(H,35,36)/t11-,13?/m1/s1. The summed E-state index contributed by atoms with van der Waals surface area (Å²) in [5.74, 6) is -0.464. The molecule has 1 aliphatic heterocycles. The first-order valence-electron chi connectivity index (χ1n) is 11.0. The van der Waals surface area contributed by atoms with E-state index < -0.39 is 35.3 Å². The molecular weight excluding hydrogens is 481 g/mol. The van der Waals surface area contributed by atoms with Crippen LogP contribution in [0.4, 0.5) is 29.5 Å². The first-order chi connectivity index (χ1) is 16.9. The molecule has 4 rings (SSSR count). The fourth-order valence-electron chi connectivity index (χ4n) is 4.21. The maximum Gasteiger partial charge on any atom is 0.416 e. The van der Waals surface area contributed by atoms with Gasteiger partial charge in [0.15, 0.2) is 5.82 Å². The van der Waals surface area contributed by atoms with Gasteiger partial charge in [-0.3, -0.25) is 14.6 Å². The summed E-state index contributed by atoms with van der Waals surface area (Å²) in [7, 11) is 0. The van der Waals surface area contributed by atoms with Crippen LogP contribution in [0.2, 0.25) is 0 Å². The van der Waals surface area contributed by atoms with Gasteiger partial charge in [-0.2, -0.15) is 18.3 Å². The fraction of sp³-hybridized carbons (Fsp3) is 0.348. The lowest BCUT2D eigenvalue weighted by atomic mass is 10.0.